The molecule has 7 nitrogen and oxygen atoms in total. The summed E-state index contributed by atoms with van der Waals surface area (Å²) in [5, 5.41) is 0. The number of aromatic amines is 1. The van der Waals surface area contributed by atoms with Crippen molar-refractivity contribution in [3.05, 3.63) is 64.1 Å². The van der Waals surface area contributed by atoms with Crippen molar-refractivity contribution in [2.24, 2.45) is 0 Å². The zero-order valence-corrected chi connectivity index (χ0v) is 16.5. The van der Waals surface area contributed by atoms with E-state index in [4.69, 9.17) is 9.15 Å². The maximum Gasteiger partial charge on any atom is 0.417 e. The number of piperidine rings is 1. The van der Waals surface area contributed by atoms with Gasteiger partial charge in [0.2, 0.25) is 0 Å². The number of carbonyl (C=O) groups excluding carboxylic acids is 2. The van der Waals surface area contributed by atoms with E-state index in [9.17, 15) is 14.4 Å². The van der Waals surface area contributed by atoms with Gasteiger partial charge in [-0.15, -0.1) is 0 Å². The Hall–Kier alpha value is -3.19. The summed E-state index contributed by atoms with van der Waals surface area (Å²) >= 11 is 0. The molecule has 1 fully saturated rings. The molecule has 0 bridgehead atoms. The van der Waals surface area contributed by atoms with Crippen LogP contribution >= 0.6 is 0 Å². The summed E-state index contributed by atoms with van der Waals surface area (Å²) in [6.07, 6.45) is 2.06. The highest BCUT2D eigenvalue weighted by Crippen LogP contribution is 2.37. The van der Waals surface area contributed by atoms with E-state index in [1.54, 1.807) is 18.2 Å². The Balaban J connectivity index is 1.19. The molecule has 2 aliphatic heterocycles. The number of hydrogen-bond acceptors (Lipinski definition) is 6. The van der Waals surface area contributed by atoms with Crippen LogP contribution in [0.3, 0.4) is 0 Å². The van der Waals surface area contributed by atoms with Crippen LogP contribution in [0, 0.1) is 0 Å². The largest absolute Gasteiger partial charge is 0.479 e. The Kier molecular flexibility index (Phi) is 4.55. The second-order valence-corrected chi connectivity index (χ2v) is 8.04. The first-order chi connectivity index (χ1) is 14.5. The molecule has 0 amide bonds. The summed E-state index contributed by atoms with van der Waals surface area (Å²) in [7, 11) is 0. The molecular formula is C23H22N2O5. The maximum atomic E-state index is 12.8. The highest BCUT2D eigenvalue weighted by Gasteiger charge is 2.46. The number of rotatable bonds is 4. The fourth-order valence-corrected chi connectivity index (χ4v) is 4.39. The van der Waals surface area contributed by atoms with Crippen LogP contribution in [0.2, 0.25) is 0 Å². The van der Waals surface area contributed by atoms with Gasteiger partial charge in [0, 0.05) is 56.4 Å². The minimum absolute atomic E-state index is 0.0000409. The summed E-state index contributed by atoms with van der Waals surface area (Å²) in [6.45, 7) is 2.05. The predicted molar refractivity (Wildman–Crippen MR) is 110 cm³/mol. The van der Waals surface area contributed by atoms with E-state index >= 15 is 0 Å². The third kappa shape index (κ3) is 3.35. The van der Waals surface area contributed by atoms with Gasteiger partial charge in [-0.2, -0.15) is 0 Å². The summed E-state index contributed by atoms with van der Waals surface area (Å²) in [6, 6.07) is 12.7. The number of fused-ring (bicyclic) bond motifs is 2. The summed E-state index contributed by atoms with van der Waals surface area (Å²) in [5.74, 6) is 0.435. The summed E-state index contributed by atoms with van der Waals surface area (Å²) in [4.78, 5) is 41.4. The predicted octanol–water partition coefficient (Wildman–Crippen LogP) is 2.73. The van der Waals surface area contributed by atoms with Crippen LogP contribution in [0.1, 0.15) is 35.2 Å². The number of ether oxygens (including phenoxy) is 1. The summed E-state index contributed by atoms with van der Waals surface area (Å²) < 4.78 is 11.2. The quantitative estimate of drug-likeness (QED) is 0.670. The van der Waals surface area contributed by atoms with Crippen LogP contribution in [0.25, 0.3) is 11.1 Å². The highest BCUT2D eigenvalue weighted by atomic mass is 16.5. The van der Waals surface area contributed by atoms with Crippen LogP contribution in [-0.2, 0) is 11.2 Å². The minimum atomic E-state index is -0.730. The van der Waals surface area contributed by atoms with Crippen molar-refractivity contribution in [1.82, 2.24) is 9.88 Å². The van der Waals surface area contributed by atoms with E-state index in [0.717, 1.165) is 11.3 Å². The van der Waals surface area contributed by atoms with Gasteiger partial charge in [0.15, 0.2) is 22.8 Å². The second kappa shape index (κ2) is 7.25. The topological polar surface area (TPSA) is 92.6 Å². The maximum absolute atomic E-state index is 12.8. The number of ketones is 2. The molecule has 0 radical (unpaired) electrons. The number of oxazole rings is 1. The lowest BCUT2D eigenvalue weighted by Crippen LogP contribution is -2.55. The Labute approximate surface area is 172 Å². The lowest BCUT2D eigenvalue weighted by atomic mass is 9.82. The molecule has 2 aliphatic rings. The van der Waals surface area contributed by atoms with E-state index in [0.29, 0.717) is 62.0 Å². The molecule has 7 heteroatoms. The average Bonchev–Trinajstić information content (AvgIpc) is 3.13. The van der Waals surface area contributed by atoms with Gasteiger partial charge in [0.05, 0.1) is 5.52 Å². The zero-order valence-electron chi connectivity index (χ0n) is 16.5. The highest BCUT2D eigenvalue weighted by molar-refractivity contribution is 5.98. The lowest BCUT2D eigenvalue weighted by Gasteiger charge is -2.43. The Bertz CT molecular complexity index is 1180. The molecule has 0 atom stereocenters. The van der Waals surface area contributed by atoms with Gasteiger partial charge in [-0.05, 0) is 24.3 Å². The third-order valence-electron chi connectivity index (χ3n) is 6.20. The number of H-pyrrole nitrogens is 1. The first-order valence-electron chi connectivity index (χ1n) is 10.2. The molecule has 2 aromatic carbocycles. The molecule has 154 valence electrons. The Morgan fingerprint density at radius 2 is 1.90 bits per heavy atom. The number of hydrogen-bond donors (Lipinski definition) is 1. The molecule has 0 unspecified atom stereocenters. The summed E-state index contributed by atoms with van der Waals surface area (Å²) in [5.41, 5.74) is 1.72. The normalized spacial score (nSPS) is 18.3. The molecule has 30 heavy (non-hydrogen) atoms. The number of likely N-dealkylation sites (tertiary alicyclic amines) is 1. The van der Waals surface area contributed by atoms with E-state index < -0.39 is 11.4 Å². The monoisotopic (exact) mass is 406 g/mol. The smallest absolute Gasteiger partial charge is 0.417 e. The molecule has 0 aliphatic carbocycles. The van der Waals surface area contributed by atoms with E-state index in [-0.39, 0.29) is 11.6 Å². The second-order valence-electron chi connectivity index (χ2n) is 8.04. The molecule has 5 rings (SSSR count). The molecular weight excluding hydrogens is 384 g/mol. The van der Waals surface area contributed by atoms with Crippen LogP contribution in [0.5, 0.6) is 5.75 Å². The van der Waals surface area contributed by atoms with E-state index in [2.05, 4.69) is 9.88 Å². The van der Waals surface area contributed by atoms with E-state index in [1.807, 2.05) is 24.3 Å². The van der Waals surface area contributed by atoms with E-state index in [1.165, 1.54) is 0 Å². The Morgan fingerprint density at radius 1 is 1.10 bits per heavy atom. The first-order valence-corrected chi connectivity index (χ1v) is 10.2. The number of nitrogens with zero attached hydrogens (tertiary/aromatic N) is 1. The van der Waals surface area contributed by atoms with Crippen molar-refractivity contribution >= 4 is 22.7 Å². The number of para-hydroxylation sites is 1. The zero-order chi connectivity index (χ0) is 20.7. The van der Waals surface area contributed by atoms with Crippen molar-refractivity contribution in [3.63, 3.8) is 0 Å². The van der Waals surface area contributed by atoms with Crippen LogP contribution in [0.15, 0.2) is 51.7 Å². The molecule has 3 heterocycles. The molecule has 1 aromatic heterocycles. The van der Waals surface area contributed by atoms with Crippen molar-refractivity contribution in [2.45, 2.75) is 31.3 Å². The van der Waals surface area contributed by atoms with Gasteiger partial charge in [0.1, 0.15) is 5.75 Å². The molecule has 1 saturated heterocycles. The SMILES string of the molecule is O=C(CCN1CCC2(CC1)Oc1ccccc1CC2=O)c1ccc2[nH]c(=O)oc2c1. The average molecular weight is 406 g/mol. The number of Topliss-reactive ketones (excluding diaryl/α,β-unsaturated/α-hetero) is 2. The fraction of sp³-hybridized carbons (Fsp3) is 0.348. The third-order valence-corrected chi connectivity index (χ3v) is 6.20. The van der Waals surface area contributed by atoms with Crippen molar-refractivity contribution in [1.29, 1.82) is 0 Å². The van der Waals surface area contributed by atoms with Crippen LogP contribution < -0.4 is 10.5 Å². The lowest BCUT2D eigenvalue weighted by molar-refractivity contribution is -0.140. The van der Waals surface area contributed by atoms with Crippen molar-refractivity contribution < 1.29 is 18.7 Å². The number of carbonyl (C=O) groups is 2. The molecule has 3 aromatic rings. The Morgan fingerprint density at radius 3 is 2.73 bits per heavy atom. The van der Waals surface area contributed by atoms with Crippen LogP contribution in [-0.4, -0.2) is 46.7 Å². The van der Waals surface area contributed by atoms with Gasteiger partial charge < -0.3 is 14.1 Å². The van der Waals surface area contributed by atoms with Gasteiger partial charge in [-0.25, -0.2) is 4.79 Å². The number of nitrogens with one attached hydrogen (secondary N) is 1. The first kappa shape index (κ1) is 18.8. The number of aromatic nitrogens is 1. The van der Waals surface area contributed by atoms with Gasteiger partial charge in [-0.1, -0.05) is 18.2 Å². The standard InChI is InChI=1S/C23H22N2O5/c26-18(15-5-6-17-20(13-15)29-22(28)24-17)7-10-25-11-8-23(9-12-25)21(27)14-16-3-1-2-4-19(16)30-23/h1-6,13H,7-12,14H2,(H,24,28). The molecule has 1 spiro atoms. The molecule has 0 saturated carbocycles. The number of benzene rings is 2. The van der Waals surface area contributed by atoms with Crippen LogP contribution in [0.4, 0.5) is 0 Å². The van der Waals surface area contributed by atoms with Gasteiger partial charge in [0.25, 0.3) is 0 Å². The fourth-order valence-electron chi connectivity index (χ4n) is 4.39. The van der Waals surface area contributed by atoms with Gasteiger partial charge >= 0.3 is 5.76 Å². The van der Waals surface area contributed by atoms with Gasteiger partial charge in [-0.3, -0.25) is 14.6 Å². The molecule has 1 N–H and O–H groups in total. The minimum Gasteiger partial charge on any atom is -0.479 e. The van der Waals surface area contributed by atoms with Crippen molar-refractivity contribution in [2.75, 3.05) is 19.6 Å². The van der Waals surface area contributed by atoms with Crippen molar-refractivity contribution in [3.8, 4) is 5.75 Å².